The molecular formula is C25H16F20N2O2. The molecule has 0 atom stereocenters. The van der Waals surface area contributed by atoms with E-state index >= 15 is 0 Å². The van der Waals surface area contributed by atoms with Crippen LogP contribution >= 0.6 is 0 Å². The second-order valence-corrected chi connectivity index (χ2v) is 9.97. The van der Waals surface area contributed by atoms with Crippen LogP contribution in [-0.4, -0.2) is 82.3 Å². The van der Waals surface area contributed by atoms with E-state index in [0.29, 0.717) is 24.1 Å². The van der Waals surface area contributed by atoms with E-state index in [-0.39, 0.29) is 11.4 Å². The first-order chi connectivity index (χ1) is 21.8. The van der Waals surface area contributed by atoms with Crippen molar-refractivity contribution >= 4 is 5.97 Å². The second kappa shape index (κ2) is 12.9. The Hall–Kier alpha value is -3.63. The maximum absolute atomic E-state index is 14.1. The normalized spacial score (nSPS) is 14.7. The number of rotatable bonds is 15. The van der Waals surface area contributed by atoms with Gasteiger partial charge in [0, 0.05) is 18.0 Å². The molecule has 1 heterocycles. The Bertz CT molecular complexity index is 1460. The Labute approximate surface area is 259 Å². The van der Waals surface area contributed by atoms with Crippen molar-refractivity contribution in [3.8, 4) is 11.4 Å². The van der Waals surface area contributed by atoms with Crippen molar-refractivity contribution in [1.82, 2.24) is 9.97 Å². The lowest BCUT2D eigenvalue weighted by molar-refractivity contribution is -0.465. The van der Waals surface area contributed by atoms with Crippen molar-refractivity contribution in [2.24, 2.45) is 0 Å². The number of nitrogens with zero attached hydrogens (tertiary/aromatic N) is 2. The number of aromatic nitrogens is 2. The summed E-state index contributed by atoms with van der Waals surface area (Å²) in [5.74, 6) is -78.4. The average molecular weight is 756 g/mol. The zero-order valence-electron chi connectivity index (χ0n) is 23.4. The SMILES string of the molecule is CCCc1cnc(-c2ccc(C(=O)OCC(F)(F)C(F)(F)C(F)(F)C(F)(F)C(F)(F)C(F)(F)C(F)(F)C(F)(F)C(F)(F)C(F)F)cc2)nc1. The Morgan fingerprint density at radius 1 is 0.633 bits per heavy atom. The van der Waals surface area contributed by atoms with Crippen molar-refractivity contribution < 1.29 is 97.3 Å². The van der Waals surface area contributed by atoms with Gasteiger partial charge in [0.25, 0.3) is 0 Å². The van der Waals surface area contributed by atoms with Crippen LogP contribution in [0.3, 0.4) is 0 Å². The van der Waals surface area contributed by atoms with Gasteiger partial charge in [-0.15, -0.1) is 0 Å². The highest BCUT2D eigenvalue weighted by Crippen LogP contribution is 2.65. The molecule has 1 aromatic carbocycles. The Kier molecular flexibility index (Phi) is 11.0. The fourth-order valence-corrected chi connectivity index (χ4v) is 3.57. The smallest absolute Gasteiger partial charge is 0.385 e. The number of carbonyl (C=O) groups is 1. The van der Waals surface area contributed by atoms with Crippen LogP contribution in [0.5, 0.6) is 0 Å². The molecular weight excluding hydrogens is 740 g/mol. The van der Waals surface area contributed by atoms with E-state index in [0.717, 1.165) is 18.6 Å². The summed E-state index contributed by atoms with van der Waals surface area (Å²) >= 11 is 0. The highest BCUT2D eigenvalue weighted by Gasteiger charge is 2.96. The van der Waals surface area contributed by atoms with Gasteiger partial charge in [0.15, 0.2) is 12.4 Å². The van der Waals surface area contributed by atoms with Gasteiger partial charge in [0.2, 0.25) is 0 Å². The van der Waals surface area contributed by atoms with Crippen molar-refractivity contribution in [2.75, 3.05) is 6.61 Å². The highest BCUT2D eigenvalue weighted by molar-refractivity contribution is 5.90. The molecule has 2 aromatic rings. The van der Waals surface area contributed by atoms with Crippen molar-refractivity contribution in [3.05, 3.63) is 47.8 Å². The molecule has 0 amide bonds. The number of esters is 1. The molecule has 1 aromatic heterocycles. The van der Waals surface area contributed by atoms with Crippen LogP contribution in [0.4, 0.5) is 87.8 Å². The van der Waals surface area contributed by atoms with Gasteiger partial charge >= 0.3 is 65.7 Å². The maximum Gasteiger partial charge on any atom is 0.385 e. The van der Waals surface area contributed by atoms with E-state index < -0.39 is 77.9 Å². The number of alkyl halides is 20. The van der Waals surface area contributed by atoms with Crippen LogP contribution in [0.2, 0.25) is 0 Å². The third-order valence-electron chi connectivity index (χ3n) is 6.53. The second-order valence-electron chi connectivity index (χ2n) is 9.97. The van der Waals surface area contributed by atoms with Crippen molar-refractivity contribution in [2.45, 2.75) is 79.5 Å². The van der Waals surface area contributed by atoms with Gasteiger partial charge in [0.1, 0.15) is 0 Å². The minimum Gasteiger partial charge on any atom is -0.455 e. The first-order valence-electron chi connectivity index (χ1n) is 12.6. The number of ether oxygens (including phenoxy) is 1. The van der Waals surface area contributed by atoms with Gasteiger partial charge in [-0.1, -0.05) is 25.5 Å². The van der Waals surface area contributed by atoms with Crippen LogP contribution in [-0.2, 0) is 11.2 Å². The minimum atomic E-state index is -9.12. The molecule has 2 rings (SSSR count). The third-order valence-corrected chi connectivity index (χ3v) is 6.53. The molecule has 278 valence electrons. The summed E-state index contributed by atoms with van der Waals surface area (Å²) in [4.78, 5) is 19.9. The van der Waals surface area contributed by atoms with Crippen LogP contribution in [0.1, 0.15) is 29.3 Å². The van der Waals surface area contributed by atoms with Gasteiger partial charge in [-0.05, 0) is 24.1 Å². The summed E-state index contributed by atoms with van der Waals surface area (Å²) in [5.41, 5.74) is -0.0335. The summed E-state index contributed by atoms with van der Waals surface area (Å²) in [6.07, 6.45) is -2.02. The standard InChI is InChI=1S/C25H16F20N2O2/c1-2-3-11-8-46-14(47-9-11)12-4-6-13(7-5-12)15(48)49-10-17(28,29)19(32,33)21(36,37)23(40,41)25(44,45)24(42,43)22(38,39)20(34,35)18(30,31)16(26)27/h4-9,16H,2-3,10H2,1H3. The lowest BCUT2D eigenvalue weighted by atomic mass is 9.86. The molecule has 0 aliphatic rings. The zero-order valence-corrected chi connectivity index (χ0v) is 23.4. The van der Waals surface area contributed by atoms with E-state index in [2.05, 4.69) is 14.7 Å². The zero-order chi connectivity index (χ0) is 38.4. The quantitative estimate of drug-likeness (QED) is 0.134. The van der Waals surface area contributed by atoms with Gasteiger partial charge in [-0.3, -0.25) is 0 Å². The molecule has 0 radical (unpaired) electrons. The van der Waals surface area contributed by atoms with E-state index in [1.165, 1.54) is 12.4 Å². The molecule has 0 spiro atoms. The number of aryl methyl sites for hydroxylation is 1. The molecule has 0 aliphatic heterocycles. The predicted molar refractivity (Wildman–Crippen MR) is 122 cm³/mol. The highest BCUT2D eigenvalue weighted by atomic mass is 19.4. The monoisotopic (exact) mass is 756 g/mol. The molecule has 0 bridgehead atoms. The number of benzene rings is 1. The van der Waals surface area contributed by atoms with E-state index in [4.69, 9.17) is 0 Å². The van der Waals surface area contributed by atoms with E-state index in [1.807, 2.05) is 6.92 Å². The number of carbonyl (C=O) groups excluding carboxylic acids is 1. The van der Waals surface area contributed by atoms with Crippen LogP contribution < -0.4 is 0 Å². The predicted octanol–water partition coefficient (Wildman–Crippen LogP) is 9.24. The summed E-state index contributed by atoms with van der Waals surface area (Å²) < 4.78 is 275. The van der Waals surface area contributed by atoms with Gasteiger partial charge < -0.3 is 4.74 Å². The molecule has 49 heavy (non-hydrogen) atoms. The lowest BCUT2D eigenvalue weighted by Gasteiger charge is -2.44. The van der Waals surface area contributed by atoms with Gasteiger partial charge in [0.05, 0.1) is 5.56 Å². The summed E-state index contributed by atoms with van der Waals surface area (Å²) in [5, 5.41) is 0. The fraction of sp³-hybridized carbons (Fsp3) is 0.560. The third kappa shape index (κ3) is 6.42. The van der Waals surface area contributed by atoms with Crippen LogP contribution in [0.25, 0.3) is 11.4 Å². The van der Waals surface area contributed by atoms with Crippen molar-refractivity contribution in [3.63, 3.8) is 0 Å². The minimum absolute atomic E-state index is 0.0145. The number of halogens is 20. The lowest BCUT2D eigenvalue weighted by Crippen LogP contribution is -2.76. The van der Waals surface area contributed by atoms with Gasteiger partial charge in [-0.25, -0.2) is 23.5 Å². The molecule has 24 heteroatoms. The molecule has 0 aliphatic carbocycles. The Morgan fingerprint density at radius 2 is 1.02 bits per heavy atom. The Balaban J connectivity index is 2.37. The summed E-state index contributed by atoms with van der Waals surface area (Å²) in [6.45, 7) is -1.61. The molecule has 0 saturated heterocycles. The summed E-state index contributed by atoms with van der Waals surface area (Å²) in [6, 6.07) is 3.39. The largest absolute Gasteiger partial charge is 0.455 e. The first kappa shape index (κ1) is 41.5. The Morgan fingerprint density at radius 3 is 1.41 bits per heavy atom. The molecule has 4 nitrogen and oxygen atoms in total. The van der Waals surface area contributed by atoms with Crippen LogP contribution in [0.15, 0.2) is 36.7 Å². The van der Waals surface area contributed by atoms with Crippen LogP contribution in [0, 0.1) is 0 Å². The number of hydrogen-bond acceptors (Lipinski definition) is 4. The van der Waals surface area contributed by atoms with Gasteiger partial charge in [-0.2, -0.15) is 79.0 Å². The molecule has 0 unspecified atom stereocenters. The topological polar surface area (TPSA) is 52.1 Å². The fourth-order valence-electron chi connectivity index (χ4n) is 3.57. The van der Waals surface area contributed by atoms with Crippen molar-refractivity contribution in [1.29, 1.82) is 0 Å². The maximum atomic E-state index is 14.1. The molecule has 0 saturated carbocycles. The summed E-state index contributed by atoms with van der Waals surface area (Å²) in [7, 11) is 0. The van der Waals surface area contributed by atoms with E-state index in [1.54, 1.807) is 0 Å². The number of hydrogen-bond donors (Lipinski definition) is 0. The average Bonchev–Trinajstić information content (AvgIpc) is 2.99. The molecule has 0 fully saturated rings. The first-order valence-corrected chi connectivity index (χ1v) is 12.6. The molecule has 0 N–H and O–H groups in total. The van der Waals surface area contributed by atoms with E-state index in [9.17, 15) is 92.6 Å².